The van der Waals surface area contributed by atoms with E-state index in [1.807, 2.05) is 12.3 Å². The molecule has 1 aromatic heterocycles. The number of fused-ring (bicyclic) bond motifs is 1. The van der Waals surface area contributed by atoms with Gasteiger partial charge in [-0.25, -0.2) is 0 Å². The summed E-state index contributed by atoms with van der Waals surface area (Å²) in [5, 5.41) is 3.76. The summed E-state index contributed by atoms with van der Waals surface area (Å²) in [4.78, 5) is 7.11. The molecule has 3 heteroatoms. The summed E-state index contributed by atoms with van der Waals surface area (Å²) in [7, 11) is 0. The van der Waals surface area contributed by atoms with Gasteiger partial charge in [0.2, 0.25) is 0 Å². The average molecular weight is 245 g/mol. The van der Waals surface area contributed by atoms with Crippen molar-refractivity contribution in [1.82, 2.24) is 15.2 Å². The van der Waals surface area contributed by atoms with Gasteiger partial charge in [0, 0.05) is 24.3 Å². The lowest BCUT2D eigenvalue weighted by molar-refractivity contribution is 0.162. The summed E-state index contributed by atoms with van der Waals surface area (Å²) in [5.41, 5.74) is 1.16. The quantitative estimate of drug-likeness (QED) is 0.886. The van der Waals surface area contributed by atoms with Gasteiger partial charge in [-0.2, -0.15) is 0 Å². The Morgan fingerprint density at radius 2 is 2.28 bits per heavy atom. The third-order valence-electron chi connectivity index (χ3n) is 4.44. The van der Waals surface area contributed by atoms with E-state index in [9.17, 15) is 0 Å². The molecule has 3 rings (SSSR count). The molecule has 1 N–H and O–H groups in total. The van der Waals surface area contributed by atoms with E-state index >= 15 is 0 Å². The van der Waals surface area contributed by atoms with Crippen molar-refractivity contribution in [3.05, 3.63) is 30.1 Å². The molecule has 3 atom stereocenters. The SMILES string of the molecule is CC(NC1CCN2CCCC2C1)c1ccccn1. The summed E-state index contributed by atoms with van der Waals surface area (Å²) in [6.07, 6.45) is 7.28. The lowest BCUT2D eigenvalue weighted by Gasteiger charge is -2.36. The predicted octanol–water partition coefficient (Wildman–Crippen LogP) is 2.36. The number of rotatable bonds is 3. The van der Waals surface area contributed by atoms with Crippen LogP contribution < -0.4 is 5.32 Å². The van der Waals surface area contributed by atoms with Crippen LogP contribution >= 0.6 is 0 Å². The molecule has 2 fully saturated rings. The maximum Gasteiger partial charge on any atom is 0.0570 e. The molecule has 0 amide bonds. The second-order valence-corrected chi connectivity index (χ2v) is 5.70. The first-order valence-electron chi connectivity index (χ1n) is 7.24. The van der Waals surface area contributed by atoms with Gasteiger partial charge >= 0.3 is 0 Å². The molecule has 18 heavy (non-hydrogen) atoms. The minimum atomic E-state index is 0.365. The van der Waals surface area contributed by atoms with Crippen molar-refractivity contribution >= 4 is 0 Å². The Labute approximate surface area is 110 Å². The van der Waals surface area contributed by atoms with Crippen molar-refractivity contribution < 1.29 is 0 Å². The van der Waals surface area contributed by atoms with Crippen molar-refractivity contribution in [1.29, 1.82) is 0 Å². The van der Waals surface area contributed by atoms with Gasteiger partial charge in [-0.05, 0) is 57.8 Å². The summed E-state index contributed by atoms with van der Waals surface area (Å²) < 4.78 is 0. The van der Waals surface area contributed by atoms with Crippen LogP contribution in [0.4, 0.5) is 0 Å². The standard InChI is InChI=1S/C15H23N3/c1-12(15-6-2-3-8-16-15)17-13-7-10-18-9-4-5-14(18)11-13/h2-3,6,8,12-14,17H,4-5,7,9-11H2,1H3. The Balaban J connectivity index is 1.57. The number of nitrogens with one attached hydrogen (secondary N) is 1. The highest BCUT2D eigenvalue weighted by Crippen LogP contribution is 2.27. The van der Waals surface area contributed by atoms with E-state index in [2.05, 4.69) is 34.3 Å². The Morgan fingerprint density at radius 1 is 1.33 bits per heavy atom. The first-order valence-corrected chi connectivity index (χ1v) is 7.24. The second-order valence-electron chi connectivity index (χ2n) is 5.70. The van der Waals surface area contributed by atoms with Gasteiger partial charge in [0.25, 0.3) is 0 Å². The fourth-order valence-electron chi connectivity index (χ4n) is 3.45. The van der Waals surface area contributed by atoms with Gasteiger partial charge in [-0.3, -0.25) is 4.98 Å². The van der Waals surface area contributed by atoms with Crippen molar-refractivity contribution in [3.8, 4) is 0 Å². The van der Waals surface area contributed by atoms with E-state index in [1.165, 1.54) is 38.8 Å². The van der Waals surface area contributed by atoms with Crippen LogP contribution in [0.15, 0.2) is 24.4 Å². The molecule has 0 radical (unpaired) electrons. The number of piperidine rings is 1. The van der Waals surface area contributed by atoms with Crippen molar-refractivity contribution in [3.63, 3.8) is 0 Å². The molecule has 0 aromatic carbocycles. The van der Waals surface area contributed by atoms with Gasteiger partial charge in [0.05, 0.1) is 5.69 Å². The van der Waals surface area contributed by atoms with Crippen LogP contribution in [0.25, 0.3) is 0 Å². The van der Waals surface area contributed by atoms with Crippen molar-refractivity contribution in [2.45, 2.75) is 50.7 Å². The number of aromatic nitrogens is 1. The monoisotopic (exact) mass is 245 g/mol. The molecule has 2 aliphatic heterocycles. The Kier molecular flexibility index (Phi) is 3.62. The molecule has 3 unspecified atom stereocenters. The highest BCUT2D eigenvalue weighted by Gasteiger charge is 2.32. The molecule has 0 bridgehead atoms. The maximum absolute atomic E-state index is 4.44. The van der Waals surface area contributed by atoms with Crippen LogP contribution in [0.3, 0.4) is 0 Å². The summed E-state index contributed by atoms with van der Waals surface area (Å²) in [6, 6.07) is 8.04. The molecule has 3 heterocycles. The molecule has 0 spiro atoms. The molecule has 0 saturated carbocycles. The van der Waals surface area contributed by atoms with Gasteiger partial charge < -0.3 is 10.2 Å². The van der Waals surface area contributed by atoms with Gasteiger partial charge in [0.15, 0.2) is 0 Å². The minimum Gasteiger partial charge on any atom is -0.306 e. The zero-order valence-electron chi connectivity index (χ0n) is 11.2. The highest BCUT2D eigenvalue weighted by molar-refractivity contribution is 5.08. The average Bonchev–Trinajstić information content (AvgIpc) is 2.87. The molecule has 1 aromatic rings. The van der Waals surface area contributed by atoms with Crippen LogP contribution in [0.5, 0.6) is 0 Å². The molecule has 2 aliphatic rings. The van der Waals surface area contributed by atoms with E-state index < -0.39 is 0 Å². The maximum atomic E-state index is 4.44. The van der Waals surface area contributed by atoms with E-state index in [-0.39, 0.29) is 0 Å². The van der Waals surface area contributed by atoms with E-state index in [0.717, 1.165) is 11.7 Å². The van der Waals surface area contributed by atoms with E-state index in [4.69, 9.17) is 0 Å². The van der Waals surface area contributed by atoms with Crippen LogP contribution in [0.2, 0.25) is 0 Å². The number of hydrogen-bond donors (Lipinski definition) is 1. The van der Waals surface area contributed by atoms with E-state index in [0.29, 0.717) is 12.1 Å². The highest BCUT2D eigenvalue weighted by atomic mass is 15.2. The Hall–Kier alpha value is -0.930. The first-order chi connectivity index (χ1) is 8.83. The molecule has 98 valence electrons. The molecule has 2 saturated heterocycles. The smallest absolute Gasteiger partial charge is 0.0570 e. The van der Waals surface area contributed by atoms with Crippen LogP contribution in [0.1, 0.15) is 44.3 Å². The van der Waals surface area contributed by atoms with Crippen molar-refractivity contribution in [2.24, 2.45) is 0 Å². The normalized spacial score (nSPS) is 30.1. The minimum absolute atomic E-state index is 0.365. The second kappa shape index (κ2) is 5.37. The Morgan fingerprint density at radius 3 is 3.11 bits per heavy atom. The van der Waals surface area contributed by atoms with Crippen LogP contribution in [-0.4, -0.2) is 35.1 Å². The third kappa shape index (κ3) is 2.57. The van der Waals surface area contributed by atoms with Gasteiger partial charge in [-0.1, -0.05) is 6.07 Å². The summed E-state index contributed by atoms with van der Waals surface area (Å²) in [6.45, 7) is 4.83. The van der Waals surface area contributed by atoms with Crippen LogP contribution in [0, 0.1) is 0 Å². The van der Waals surface area contributed by atoms with Gasteiger partial charge in [0.1, 0.15) is 0 Å². The largest absolute Gasteiger partial charge is 0.306 e. The fraction of sp³-hybridized carbons (Fsp3) is 0.667. The fourth-order valence-corrected chi connectivity index (χ4v) is 3.45. The molecule has 3 nitrogen and oxygen atoms in total. The zero-order valence-corrected chi connectivity index (χ0v) is 11.2. The lowest BCUT2D eigenvalue weighted by Crippen LogP contribution is -2.46. The number of hydrogen-bond acceptors (Lipinski definition) is 3. The molecular weight excluding hydrogens is 222 g/mol. The number of pyridine rings is 1. The summed E-state index contributed by atoms with van der Waals surface area (Å²) >= 11 is 0. The number of nitrogens with zero attached hydrogens (tertiary/aromatic N) is 2. The topological polar surface area (TPSA) is 28.2 Å². The predicted molar refractivity (Wildman–Crippen MR) is 73.4 cm³/mol. The van der Waals surface area contributed by atoms with Gasteiger partial charge in [-0.15, -0.1) is 0 Å². The molecular formula is C15H23N3. The molecule has 0 aliphatic carbocycles. The zero-order chi connectivity index (χ0) is 12.4. The Bertz CT molecular complexity index is 379. The summed E-state index contributed by atoms with van der Waals surface area (Å²) in [5.74, 6) is 0. The van der Waals surface area contributed by atoms with Crippen molar-refractivity contribution in [2.75, 3.05) is 13.1 Å². The van der Waals surface area contributed by atoms with E-state index in [1.54, 1.807) is 0 Å². The first kappa shape index (κ1) is 12.1. The van der Waals surface area contributed by atoms with Crippen LogP contribution in [-0.2, 0) is 0 Å². The lowest BCUT2D eigenvalue weighted by atomic mass is 9.96. The third-order valence-corrected chi connectivity index (χ3v) is 4.44.